The number of anilines is 1. The van der Waals surface area contributed by atoms with E-state index < -0.39 is 0 Å². The van der Waals surface area contributed by atoms with Crippen molar-refractivity contribution in [1.82, 2.24) is 4.57 Å². The van der Waals surface area contributed by atoms with Crippen molar-refractivity contribution in [1.29, 1.82) is 0 Å². The van der Waals surface area contributed by atoms with E-state index in [0.29, 0.717) is 5.88 Å². The van der Waals surface area contributed by atoms with E-state index in [2.05, 4.69) is 21.3 Å². The summed E-state index contributed by atoms with van der Waals surface area (Å²) in [5.74, 6) is 2.34. The molecule has 1 aromatic carbocycles. The smallest absolute Gasteiger partial charge is 0.295 e. The summed E-state index contributed by atoms with van der Waals surface area (Å²) in [4.78, 5) is 0. The second-order valence-electron chi connectivity index (χ2n) is 4.57. The van der Waals surface area contributed by atoms with Crippen molar-refractivity contribution >= 4 is 16.9 Å². The first-order valence-electron chi connectivity index (χ1n) is 5.89. The van der Waals surface area contributed by atoms with Crippen LogP contribution in [0, 0.1) is 6.92 Å². The predicted octanol–water partition coefficient (Wildman–Crippen LogP) is 2.15. The summed E-state index contributed by atoms with van der Waals surface area (Å²) in [6.45, 7) is 1.91. The van der Waals surface area contributed by atoms with Gasteiger partial charge in [-0.25, -0.2) is 9.13 Å². The van der Waals surface area contributed by atoms with E-state index in [-0.39, 0.29) is 0 Å². The van der Waals surface area contributed by atoms with Crippen molar-refractivity contribution in [2.24, 2.45) is 14.1 Å². The average molecular weight is 242 g/mol. The lowest BCUT2D eigenvalue weighted by molar-refractivity contribution is -0.634. The predicted molar refractivity (Wildman–Crippen MR) is 70.9 cm³/mol. The third kappa shape index (κ3) is 1.35. The zero-order valence-electron chi connectivity index (χ0n) is 10.8. The highest BCUT2D eigenvalue weighted by Gasteiger charge is 2.25. The maximum Gasteiger partial charge on any atom is 0.295 e. The molecule has 0 saturated heterocycles. The number of furan rings is 1. The van der Waals surface area contributed by atoms with E-state index in [1.165, 1.54) is 11.0 Å². The quantitative estimate of drug-likeness (QED) is 0.665. The molecule has 0 radical (unpaired) electrons. The number of benzene rings is 1. The van der Waals surface area contributed by atoms with Gasteiger partial charge in [0.15, 0.2) is 11.0 Å². The molecule has 0 spiro atoms. The highest BCUT2D eigenvalue weighted by Crippen LogP contribution is 2.29. The van der Waals surface area contributed by atoms with Gasteiger partial charge < -0.3 is 10.2 Å². The maximum absolute atomic E-state index is 5.94. The van der Waals surface area contributed by atoms with E-state index in [9.17, 15) is 0 Å². The summed E-state index contributed by atoms with van der Waals surface area (Å²) in [5.41, 5.74) is 9.23. The third-order valence-corrected chi connectivity index (χ3v) is 3.36. The van der Waals surface area contributed by atoms with E-state index in [1.54, 1.807) is 0 Å². The van der Waals surface area contributed by atoms with E-state index in [1.807, 2.05) is 39.2 Å². The molecule has 3 aromatic rings. The molecule has 0 saturated carbocycles. The Kier molecular flexibility index (Phi) is 2.20. The van der Waals surface area contributed by atoms with Crippen LogP contribution in [0.4, 0.5) is 5.88 Å². The van der Waals surface area contributed by atoms with Crippen LogP contribution in [0.5, 0.6) is 0 Å². The van der Waals surface area contributed by atoms with Crippen molar-refractivity contribution in [3.8, 4) is 11.4 Å². The molecule has 0 amide bonds. The van der Waals surface area contributed by atoms with Gasteiger partial charge in [-0.2, -0.15) is 0 Å². The lowest BCUT2D eigenvalue weighted by Gasteiger charge is -1.95. The van der Waals surface area contributed by atoms with Crippen LogP contribution in [0.1, 0.15) is 5.76 Å². The molecule has 18 heavy (non-hydrogen) atoms. The standard InChI is InChI=1S/C14H15N3O/c1-9-8-10(13(15)18-9)14-16(2)11-6-4-5-7-12(11)17(14)3/h4-8,15H,1-3H3/p+1. The molecule has 0 fully saturated rings. The van der Waals surface area contributed by atoms with Crippen molar-refractivity contribution in [3.05, 3.63) is 36.1 Å². The molecular weight excluding hydrogens is 226 g/mol. The largest absolute Gasteiger partial charge is 0.445 e. The number of nitrogen functional groups attached to an aromatic ring is 1. The SMILES string of the molecule is Cc1cc(-c2n(C)c3ccccc3[n+]2C)c(N)o1. The fraction of sp³-hybridized carbons (Fsp3) is 0.214. The van der Waals surface area contributed by atoms with Crippen LogP contribution in [0.25, 0.3) is 22.4 Å². The number of nitrogens with zero attached hydrogens (tertiary/aromatic N) is 2. The summed E-state index contributed by atoms with van der Waals surface area (Å²) in [7, 11) is 4.08. The second-order valence-corrected chi connectivity index (χ2v) is 4.57. The molecule has 0 unspecified atom stereocenters. The van der Waals surface area contributed by atoms with Crippen LogP contribution in [-0.4, -0.2) is 4.57 Å². The average Bonchev–Trinajstić information content (AvgIpc) is 2.79. The van der Waals surface area contributed by atoms with Crippen LogP contribution in [0.3, 0.4) is 0 Å². The number of aryl methyl sites for hydroxylation is 3. The van der Waals surface area contributed by atoms with Crippen molar-refractivity contribution < 1.29 is 8.98 Å². The highest BCUT2D eigenvalue weighted by molar-refractivity contribution is 5.78. The highest BCUT2D eigenvalue weighted by atomic mass is 16.3. The van der Waals surface area contributed by atoms with Gasteiger partial charge in [0.05, 0.1) is 14.1 Å². The molecule has 0 atom stereocenters. The minimum absolute atomic E-state index is 0.467. The molecular formula is C14H16N3O+. The Morgan fingerprint density at radius 2 is 2.00 bits per heavy atom. The molecule has 0 aliphatic heterocycles. The van der Waals surface area contributed by atoms with Gasteiger partial charge >= 0.3 is 0 Å². The lowest BCUT2D eigenvalue weighted by atomic mass is 10.2. The topological polar surface area (TPSA) is 48.0 Å². The third-order valence-electron chi connectivity index (χ3n) is 3.36. The molecule has 2 heterocycles. The fourth-order valence-corrected chi connectivity index (χ4v) is 2.55. The van der Waals surface area contributed by atoms with Gasteiger partial charge in [-0.15, -0.1) is 0 Å². The Morgan fingerprint density at radius 1 is 1.28 bits per heavy atom. The van der Waals surface area contributed by atoms with Crippen LogP contribution in [0.2, 0.25) is 0 Å². The van der Waals surface area contributed by atoms with Crippen LogP contribution < -0.4 is 10.3 Å². The van der Waals surface area contributed by atoms with E-state index >= 15 is 0 Å². The Balaban J connectivity index is 2.39. The molecule has 2 aromatic heterocycles. The maximum atomic E-state index is 5.94. The van der Waals surface area contributed by atoms with Crippen molar-refractivity contribution in [2.75, 3.05) is 5.73 Å². The molecule has 3 rings (SSSR count). The Bertz CT molecular complexity index is 698. The van der Waals surface area contributed by atoms with Crippen molar-refractivity contribution in [3.63, 3.8) is 0 Å². The van der Waals surface area contributed by atoms with Gasteiger partial charge in [-0.05, 0) is 25.1 Å². The molecule has 0 bridgehead atoms. The first-order valence-corrected chi connectivity index (χ1v) is 5.89. The van der Waals surface area contributed by atoms with Gasteiger partial charge in [-0.1, -0.05) is 12.1 Å². The minimum atomic E-state index is 0.467. The zero-order valence-corrected chi connectivity index (χ0v) is 10.8. The molecule has 92 valence electrons. The van der Waals surface area contributed by atoms with E-state index in [4.69, 9.17) is 10.2 Å². The Morgan fingerprint density at radius 3 is 2.61 bits per heavy atom. The number of rotatable bonds is 1. The number of nitrogens with two attached hydrogens (primary N) is 1. The fourth-order valence-electron chi connectivity index (χ4n) is 2.55. The first kappa shape index (κ1) is 10.9. The summed E-state index contributed by atoms with van der Waals surface area (Å²) >= 11 is 0. The van der Waals surface area contributed by atoms with Crippen molar-refractivity contribution in [2.45, 2.75) is 6.92 Å². The van der Waals surface area contributed by atoms with Crippen LogP contribution in [0.15, 0.2) is 34.7 Å². The van der Waals surface area contributed by atoms with E-state index in [0.717, 1.165) is 17.1 Å². The molecule has 0 aliphatic rings. The Hall–Kier alpha value is -2.23. The van der Waals surface area contributed by atoms with Gasteiger partial charge in [0.2, 0.25) is 5.88 Å². The Labute approximate surface area is 105 Å². The van der Waals surface area contributed by atoms with Gasteiger partial charge in [0.25, 0.3) is 5.82 Å². The first-order chi connectivity index (χ1) is 8.59. The molecule has 0 aliphatic carbocycles. The second kappa shape index (κ2) is 3.63. The molecule has 4 heteroatoms. The number of hydrogen-bond donors (Lipinski definition) is 1. The summed E-state index contributed by atoms with van der Waals surface area (Å²) in [6.07, 6.45) is 0. The van der Waals surface area contributed by atoms with Gasteiger partial charge in [0, 0.05) is 0 Å². The van der Waals surface area contributed by atoms with Gasteiger partial charge in [-0.3, -0.25) is 0 Å². The molecule has 2 N–H and O–H groups in total. The molecule has 4 nitrogen and oxygen atoms in total. The van der Waals surface area contributed by atoms with Crippen LogP contribution >= 0.6 is 0 Å². The number of imidazole rings is 1. The normalized spacial score (nSPS) is 11.3. The number of aromatic nitrogens is 2. The summed E-state index contributed by atoms with van der Waals surface area (Å²) in [5, 5.41) is 0. The zero-order chi connectivity index (χ0) is 12.9. The summed E-state index contributed by atoms with van der Waals surface area (Å²) in [6, 6.07) is 10.2. The van der Waals surface area contributed by atoms with Gasteiger partial charge in [0.1, 0.15) is 11.3 Å². The summed E-state index contributed by atoms with van der Waals surface area (Å²) < 4.78 is 9.70. The number of fused-ring (bicyclic) bond motifs is 1. The number of para-hydroxylation sites is 2. The van der Waals surface area contributed by atoms with Crippen LogP contribution in [-0.2, 0) is 14.1 Å². The minimum Gasteiger partial charge on any atom is -0.445 e. The monoisotopic (exact) mass is 242 g/mol. The number of hydrogen-bond acceptors (Lipinski definition) is 2. The lowest BCUT2D eigenvalue weighted by Crippen LogP contribution is -2.30.